The quantitative estimate of drug-likeness (QED) is 0.718. The normalized spacial score (nSPS) is 19.9. The van der Waals surface area contributed by atoms with E-state index in [9.17, 15) is 9.59 Å². The molecule has 1 heterocycles. The van der Waals surface area contributed by atoms with E-state index >= 15 is 0 Å². The molecule has 1 aromatic rings. The van der Waals surface area contributed by atoms with Crippen LogP contribution in [0.2, 0.25) is 0 Å². The molecule has 28 heavy (non-hydrogen) atoms. The Bertz CT molecular complexity index is 723. The summed E-state index contributed by atoms with van der Waals surface area (Å²) >= 11 is 0. The molecule has 1 aliphatic heterocycles. The van der Waals surface area contributed by atoms with E-state index in [4.69, 9.17) is 0 Å². The summed E-state index contributed by atoms with van der Waals surface area (Å²) in [6, 6.07) is 10.3. The average Bonchev–Trinajstić information content (AvgIpc) is 2.90. The van der Waals surface area contributed by atoms with E-state index < -0.39 is 0 Å². The molecule has 2 aliphatic rings. The van der Waals surface area contributed by atoms with E-state index in [2.05, 4.69) is 37.3 Å². The van der Waals surface area contributed by atoms with Gasteiger partial charge in [0.25, 0.3) is 0 Å². The van der Waals surface area contributed by atoms with Crippen LogP contribution in [0.4, 0.5) is 0 Å². The Hall–Kier alpha value is -2.36. The highest BCUT2D eigenvalue weighted by Gasteiger charge is 2.23. The molecule has 3 rings (SSSR count). The zero-order valence-corrected chi connectivity index (χ0v) is 17.0. The molecule has 0 N–H and O–H groups in total. The van der Waals surface area contributed by atoms with E-state index in [1.165, 1.54) is 11.1 Å². The van der Waals surface area contributed by atoms with E-state index in [-0.39, 0.29) is 18.4 Å². The fraction of sp³-hybridized carbons (Fsp3) is 0.500. The van der Waals surface area contributed by atoms with Crippen LogP contribution in [0.15, 0.2) is 54.1 Å². The largest absolute Gasteiger partial charge is 0.337 e. The first kappa shape index (κ1) is 20.4. The molecule has 0 saturated carbocycles. The van der Waals surface area contributed by atoms with Gasteiger partial charge in [-0.15, -0.1) is 0 Å². The third-order valence-corrected chi connectivity index (χ3v) is 5.58. The maximum Gasteiger partial charge on any atom is 0.242 e. The van der Waals surface area contributed by atoms with Crippen LogP contribution in [0, 0.1) is 5.92 Å². The van der Waals surface area contributed by atoms with Gasteiger partial charge in [-0.05, 0) is 42.7 Å². The van der Waals surface area contributed by atoms with Crippen molar-refractivity contribution in [2.24, 2.45) is 5.92 Å². The van der Waals surface area contributed by atoms with Gasteiger partial charge in [0, 0.05) is 26.1 Å². The highest BCUT2D eigenvalue weighted by atomic mass is 16.2. The molecule has 4 heteroatoms. The molecular formula is C24H32N2O2. The average molecular weight is 381 g/mol. The number of carbonyl (C=O) groups excluding carboxylic acids is 2. The number of carbonyl (C=O) groups is 2. The predicted octanol–water partition coefficient (Wildman–Crippen LogP) is 3.98. The number of amides is 2. The van der Waals surface area contributed by atoms with Crippen molar-refractivity contribution < 1.29 is 9.59 Å². The summed E-state index contributed by atoms with van der Waals surface area (Å²) in [6.45, 7) is 4.41. The van der Waals surface area contributed by atoms with Crippen molar-refractivity contribution in [2.45, 2.75) is 45.4 Å². The minimum absolute atomic E-state index is 0.0544. The monoisotopic (exact) mass is 380 g/mol. The van der Waals surface area contributed by atoms with Gasteiger partial charge in [-0.25, -0.2) is 0 Å². The highest BCUT2D eigenvalue weighted by molar-refractivity contribution is 5.85. The Balaban J connectivity index is 1.67. The highest BCUT2D eigenvalue weighted by Crippen LogP contribution is 2.18. The van der Waals surface area contributed by atoms with Crippen LogP contribution in [0.1, 0.15) is 44.6 Å². The number of benzene rings is 1. The summed E-state index contributed by atoms with van der Waals surface area (Å²) in [4.78, 5) is 29.1. The molecule has 1 aromatic carbocycles. The van der Waals surface area contributed by atoms with Crippen molar-refractivity contribution in [1.82, 2.24) is 9.80 Å². The van der Waals surface area contributed by atoms with Gasteiger partial charge in [-0.3, -0.25) is 9.59 Å². The maximum absolute atomic E-state index is 13.1. The molecule has 4 nitrogen and oxygen atoms in total. The second-order valence-electron chi connectivity index (χ2n) is 8.03. The Morgan fingerprint density at radius 2 is 2.00 bits per heavy atom. The molecule has 1 saturated heterocycles. The van der Waals surface area contributed by atoms with Gasteiger partial charge in [-0.1, -0.05) is 61.9 Å². The van der Waals surface area contributed by atoms with Crippen LogP contribution in [0.5, 0.6) is 0 Å². The predicted molar refractivity (Wildman–Crippen MR) is 113 cm³/mol. The second-order valence-corrected chi connectivity index (χ2v) is 8.03. The number of hydrogen-bond donors (Lipinski definition) is 0. The number of hydrogen-bond acceptors (Lipinski definition) is 2. The number of nitrogens with zero attached hydrogens (tertiary/aromatic N) is 2. The number of rotatable bonds is 7. The summed E-state index contributed by atoms with van der Waals surface area (Å²) < 4.78 is 0. The number of likely N-dealkylation sites (tertiary alicyclic amines) is 1. The van der Waals surface area contributed by atoms with Crippen LogP contribution in [-0.4, -0.2) is 47.8 Å². The van der Waals surface area contributed by atoms with E-state index in [0.717, 1.165) is 32.1 Å². The molecular weight excluding hydrogens is 348 g/mol. The fourth-order valence-corrected chi connectivity index (χ4v) is 3.92. The van der Waals surface area contributed by atoms with E-state index in [1.54, 1.807) is 4.90 Å². The van der Waals surface area contributed by atoms with Crippen LogP contribution in [0.3, 0.4) is 0 Å². The lowest BCUT2D eigenvalue weighted by Crippen LogP contribution is -2.44. The van der Waals surface area contributed by atoms with Gasteiger partial charge in [0.15, 0.2) is 0 Å². The fourth-order valence-electron chi connectivity index (χ4n) is 3.92. The van der Waals surface area contributed by atoms with Gasteiger partial charge in [-0.2, -0.15) is 0 Å². The van der Waals surface area contributed by atoms with E-state index in [0.29, 0.717) is 32.0 Å². The van der Waals surface area contributed by atoms with Crippen molar-refractivity contribution in [3.63, 3.8) is 0 Å². The summed E-state index contributed by atoms with van der Waals surface area (Å²) in [5.41, 5.74) is 2.43. The minimum atomic E-state index is 0.0544. The van der Waals surface area contributed by atoms with Crippen molar-refractivity contribution in [3.05, 3.63) is 59.7 Å². The molecule has 1 fully saturated rings. The maximum atomic E-state index is 13.1. The molecule has 1 atom stereocenters. The Morgan fingerprint density at radius 3 is 2.79 bits per heavy atom. The summed E-state index contributed by atoms with van der Waals surface area (Å²) in [5.74, 6) is 0.691. The van der Waals surface area contributed by atoms with Crippen molar-refractivity contribution in [1.29, 1.82) is 0 Å². The van der Waals surface area contributed by atoms with E-state index in [1.807, 2.05) is 23.1 Å². The summed E-state index contributed by atoms with van der Waals surface area (Å²) in [5, 5.41) is 0. The van der Waals surface area contributed by atoms with Crippen LogP contribution >= 0.6 is 0 Å². The Morgan fingerprint density at radius 1 is 1.18 bits per heavy atom. The van der Waals surface area contributed by atoms with Gasteiger partial charge in [0.2, 0.25) is 11.8 Å². The topological polar surface area (TPSA) is 40.6 Å². The van der Waals surface area contributed by atoms with Gasteiger partial charge in [0.05, 0.1) is 6.54 Å². The molecule has 2 amide bonds. The third-order valence-electron chi connectivity index (χ3n) is 5.58. The zero-order valence-electron chi connectivity index (χ0n) is 17.0. The first-order valence-corrected chi connectivity index (χ1v) is 10.6. The molecule has 0 spiro atoms. The van der Waals surface area contributed by atoms with Gasteiger partial charge >= 0.3 is 0 Å². The first-order valence-electron chi connectivity index (χ1n) is 10.6. The molecule has 150 valence electrons. The summed E-state index contributed by atoms with van der Waals surface area (Å²) in [7, 11) is 0. The number of allylic oxidation sites excluding steroid dienone is 2. The zero-order chi connectivity index (χ0) is 19.8. The van der Waals surface area contributed by atoms with Crippen molar-refractivity contribution in [2.75, 3.05) is 26.2 Å². The summed E-state index contributed by atoms with van der Waals surface area (Å²) in [6.07, 6.45) is 12.1. The molecule has 0 aromatic heterocycles. The molecule has 1 unspecified atom stereocenters. The molecule has 0 bridgehead atoms. The van der Waals surface area contributed by atoms with Crippen LogP contribution in [-0.2, 0) is 16.0 Å². The van der Waals surface area contributed by atoms with Gasteiger partial charge in [0.1, 0.15) is 0 Å². The lowest BCUT2D eigenvalue weighted by Gasteiger charge is -2.28. The lowest BCUT2D eigenvalue weighted by atomic mass is 9.97. The molecule has 0 radical (unpaired) electrons. The van der Waals surface area contributed by atoms with Gasteiger partial charge < -0.3 is 9.80 Å². The smallest absolute Gasteiger partial charge is 0.242 e. The second kappa shape index (κ2) is 10.3. The lowest BCUT2D eigenvalue weighted by molar-refractivity contribution is -0.140. The first-order chi connectivity index (χ1) is 13.6. The van der Waals surface area contributed by atoms with Crippen LogP contribution < -0.4 is 0 Å². The minimum Gasteiger partial charge on any atom is -0.337 e. The Labute approximate surface area is 168 Å². The van der Waals surface area contributed by atoms with Crippen molar-refractivity contribution >= 4 is 11.8 Å². The standard InChI is InChI=1S/C24H32N2O2/c1-20-9-8-12-22(17-20)18-26(16-14-21-10-4-2-5-11-21)24(28)19-25-15-7-3-6-13-23(25)27/h2,4-5,8,10-12,17,20H,3,6-7,9,13-16,18-19H2,1H3. The van der Waals surface area contributed by atoms with Crippen molar-refractivity contribution in [3.8, 4) is 0 Å². The molecule has 1 aliphatic carbocycles. The third kappa shape index (κ3) is 6.08. The Kier molecular flexibility index (Phi) is 7.46. The van der Waals surface area contributed by atoms with Crippen LogP contribution in [0.25, 0.3) is 0 Å². The SMILES string of the molecule is CC1C=C(CN(CCc2ccccc2)C(=O)CN2CCCCCC2=O)C=CC1.